The Balaban J connectivity index is 4.09. The molecule has 0 aliphatic rings. The Labute approximate surface area is 74.2 Å². The molecule has 0 heterocycles. The molecule has 0 aromatic carbocycles. The van der Waals surface area contributed by atoms with Gasteiger partial charge < -0.3 is 20.4 Å². The van der Waals surface area contributed by atoms with Crippen molar-refractivity contribution in [2.75, 3.05) is 12.5 Å². The van der Waals surface area contributed by atoms with E-state index in [1.807, 2.05) is 0 Å². The van der Waals surface area contributed by atoms with Gasteiger partial charge in [0.05, 0.1) is 12.5 Å². The molecule has 0 aliphatic heterocycles. The van der Waals surface area contributed by atoms with Gasteiger partial charge in [-0.25, -0.2) is 0 Å². The van der Waals surface area contributed by atoms with Gasteiger partial charge in [-0.3, -0.25) is 4.79 Å². The molecule has 12 heavy (non-hydrogen) atoms. The zero-order chi connectivity index (χ0) is 9.72. The SMILES string of the molecule is O=C([C@H](O)CO)[C@H](O)[C@H](O)CCl. The number of alkyl halides is 1. The van der Waals surface area contributed by atoms with E-state index in [9.17, 15) is 4.79 Å². The number of rotatable bonds is 5. The van der Waals surface area contributed by atoms with E-state index < -0.39 is 30.7 Å². The van der Waals surface area contributed by atoms with Crippen LogP contribution in [0.1, 0.15) is 0 Å². The summed E-state index contributed by atoms with van der Waals surface area (Å²) < 4.78 is 0. The van der Waals surface area contributed by atoms with Crippen LogP contribution in [0.25, 0.3) is 0 Å². The lowest BCUT2D eigenvalue weighted by Crippen LogP contribution is -2.42. The van der Waals surface area contributed by atoms with E-state index in [4.69, 9.17) is 32.0 Å². The molecule has 0 saturated carbocycles. The molecule has 0 bridgehead atoms. The first-order chi connectivity index (χ1) is 5.54. The van der Waals surface area contributed by atoms with E-state index in [0.29, 0.717) is 0 Å². The predicted octanol–water partition coefficient (Wildman–Crippen LogP) is -2.13. The molecule has 0 spiro atoms. The quantitative estimate of drug-likeness (QED) is 0.379. The summed E-state index contributed by atoms with van der Waals surface area (Å²) in [6, 6.07) is 0. The number of aliphatic hydroxyl groups is 4. The number of hydrogen-bond donors (Lipinski definition) is 4. The van der Waals surface area contributed by atoms with E-state index in [1.165, 1.54) is 0 Å². The Morgan fingerprint density at radius 3 is 2.17 bits per heavy atom. The lowest BCUT2D eigenvalue weighted by atomic mass is 10.1. The second kappa shape index (κ2) is 5.45. The van der Waals surface area contributed by atoms with Crippen molar-refractivity contribution >= 4 is 17.4 Å². The van der Waals surface area contributed by atoms with Crippen LogP contribution in [0.15, 0.2) is 0 Å². The van der Waals surface area contributed by atoms with Crippen LogP contribution in [0.5, 0.6) is 0 Å². The zero-order valence-corrected chi connectivity index (χ0v) is 6.98. The van der Waals surface area contributed by atoms with Gasteiger partial charge in [0.25, 0.3) is 0 Å². The van der Waals surface area contributed by atoms with Crippen LogP contribution < -0.4 is 0 Å². The molecular weight excluding hydrogens is 188 g/mol. The largest absolute Gasteiger partial charge is 0.393 e. The molecule has 0 aliphatic carbocycles. The summed E-state index contributed by atoms with van der Waals surface area (Å²) in [6.45, 7) is -0.787. The van der Waals surface area contributed by atoms with Crippen LogP contribution in [-0.4, -0.2) is 57.0 Å². The number of carbonyl (C=O) groups is 1. The second-order valence-corrected chi connectivity index (χ2v) is 2.58. The van der Waals surface area contributed by atoms with Crippen molar-refractivity contribution in [3.63, 3.8) is 0 Å². The van der Waals surface area contributed by atoms with Gasteiger partial charge in [0, 0.05) is 0 Å². The molecule has 0 saturated heterocycles. The third kappa shape index (κ3) is 3.04. The summed E-state index contributed by atoms with van der Waals surface area (Å²) in [5, 5.41) is 34.8. The zero-order valence-electron chi connectivity index (χ0n) is 6.22. The van der Waals surface area contributed by atoms with E-state index in [-0.39, 0.29) is 5.88 Å². The van der Waals surface area contributed by atoms with E-state index in [2.05, 4.69) is 0 Å². The van der Waals surface area contributed by atoms with Gasteiger partial charge in [-0.1, -0.05) is 0 Å². The molecule has 0 amide bonds. The Bertz CT molecular complexity index is 151. The third-order valence-electron chi connectivity index (χ3n) is 1.32. The summed E-state index contributed by atoms with van der Waals surface area (Å²) in [5.41, 5.74) is 0. The number of ketones is 1. The van der Waals surface area contributed by atoms with Crippen LogP contribution in [0.2, 0.25) is 0 Å². The normalized spacial score (nSPS) is 18.4. The fourth-order valence-corrected chi connectivity index (χ4v) is 0.730. The van der Waals surface area contributed by atoms with Gasteiger partial charge in [-0.2, -0.15) is 0 Å². The van der Waals surface area contributed by atoms with Gasteiger partial charge in [0.15, 0.2) is 5.78 Å². The minimum absolute atomic E-state index is 0.314. The smallest absolute Gasteiger partial charge is 0.194 e. The summed E-state index contributed by atoms with van der Waals surface area (Å²) in [7, 11) is 0. The maximum Gasteiger partial charge on any atom is 0.194 e. The first-order valence-electron chi connectivity index (χ1n) is 3.29. The second-order valence-electron chi connectivity index (χ2n) is 2.27. The number of halogens is 1. The lowest BCUT2D eigenvalue weighted by molar-refractivity contribution is -0.142. The van der Waals surface area contributed by atoms with Crippen molar-refractivity contribution in [3.05, 3.63) is 0 Å². The highest BCUT2D eigenvalue weighted by Crippen LogP contribution is 2.00. The highest BCUT2D eigenvalue weighted by molar-refractivity contribution is 6.18. The van der Waals surface area contributed by atoms with Crippen LogP contribution in [0.4, 0.5) is 0 Å². The maximum atomic E-state index is 10.8. The molecule has 5 nitrogen and oxygen atoms in total. The fourth-order valence-electron chi connectivity index (χ4n) is 0.561. The Morgan fingerprint density at radius 1 is 1.33 bits per heavy atom. The van der Waals surface area contributed by atoms with Crippen molar-refractivity contribution in [2.45, 2.75) is 18.3 Å². The molecular formula is C6H11ClO5. The number of carbonyl (C=O) groups excluding carboxylic acids is 1. The predicted molar refractivity (Wildman–Crippen MR) is 40.8 cm³/mol. The van der Waals surface area contributed by atoms with Crippen molar-refractivity contribution < 1.29 is 25.2 Å². The fraction of sp³-hybridized carbons (Fsp3) is 0.833. The van der Waals surface area contributed by atoms with Crippen LogP contribution in [0.3, 0.4) is 0 Å². The van der Waals surface area contributed by atoms with Crippen molar-refractivity contribution in [3.8, 4) is 0 Å². The number of Topliss-reactive ketones (excluding diaryl/α,β-unsaturated/α-hetero) is 1. The highest BCUT2D eigenvalue weighted by Gasteiger charge is 2.28. The summed E-state index contributed by atoms with van der Waals surface area (Å²) >= 11 is 5.13. The molecule has 0 fully saturated rings. The van der Waals surface area contributed by atoms with Gasteiger partial charge in [-0.05, 0) is 0 Å². The van der Waals surface area contributed by atoms with E-state index >= 15 is 0 Å². The van der Waals surface area contributed by atoms with Crippen LogP contribution in [0, 0.1) is 0 Å². The summed E-state index contributed by atoms with van der Waals surface area (Å²) in [4.78, 5) is 10.8. The Hall–Kier alpha value is -0.200. The van der Waals surface area contributed by atoms with Gasteiger partial charge in [0.2, 0.25) is 0 Å². The molecule has 0 unspecified atom stereocenters. The molecule has 0 aromatic heterocycles. The first kappa shape index (κ1) is 11.8. The summed E-state index contributed by atoms with van der Waals surface area (Å²) in [6.07, 6.45) is -4.83. The number of aliphatic hydroxyl groups excluding tert-OH is 4. The van der Waals surface area contributed by atoms with Gasteiger partial charge in [-0.15, -0.1) is 11.6 Å². The highest BCUT2D eigenvalue weighted by atomic mass is 35.5. The molecule has 0 rings (SSSR count). The van der Waals surface area contributed by atoms with E-state index in [0.717, 1.165) is 0 Å². The van der Waals surface area contributed by atoms with Crippen molar-refractivity contribution in [1.29, 1.82) is 0 Å². The first-order valence-corrected chi connectivity index (χ1v) is 3.82. The average molecular weight is 199 g/mol. The minimum Gasteiger partial charge on any atom is -0.393 e. The molecule has 0 aromatic rings. The topological polar surface area (TPSA) is 98.0 Å². The summed E-state index contributed by atoms with van der Waals surface area (Å²) in [5.74, 6) is -1.35. The van der Waals surface area contributed by atoms with Crippen LogP contribution >= 0.6 is 11.6 Å². The average Bonchev–Trinajstić information content (AvgIpc) is 2.12. The standard InChI is InChI=1S/C6H11ClO5/c7-1-3(9)5(11)6(12)4(10)2-8/h3-5,8-11H,1-2H2/t3-,4-,5-/m1/s1. The molecule has 3 atom stereocenters. The monoisotopic (exact) mass is 198 g/mol. The maximum absolute atomic E-state index is 10.8. The Morgan fingerprint density at radius 2 is 1.83 bits per heavy atom. The third-order valence-corrected chi connectivity index (χ3v) is 1.63. The molecule has 6 heteroatoms. The molecule has 0 radical (unpaired) electrons. The van der Waals surface area contributed by atoms with Crippen molar-refractivity contribution in [1.82, 2.24) is 0 Å². The molecule has 4 N–H and O–H groups in total. The van der Waals surface area contributed by atoms with Gasteiger partial charge >= 0.3 is 0 Å². The number of hydrogen-bond acceptors (Lipinski definition) is 5. The lowest BCUT2D eigenvalue weighted by Gasteiger charge is -2.16. The van der Waals surface area contributed by atoms with Crippen molar-refractivity contribution in [2.24, 2.45) is 0 Å². The van der Waals surface area contributed by atoms with E-state index in [1.54, 1.807) is 0 Å². The van der Waals surface area contributed by atoms with Crippen LogP contribution in [-0.2, 0) is 4.79 Å². The molecule has 72 valence electrons. The minimum atomic E-state index is -1.75. The Kier molecular flexibility index (Phi) is 5.36. The van der Waals surface area contributed by atoms with Gasteiger partial charge in [0.1, 0.15) is 18.3 Å².